The predicted molar refractivity (Wildman–Crippen MR) is 290 cm³/mol. The number of rotatable bonds is 8. The number of carbonyl (C=O) groups is 1. The van der Waals surface area contributed by atoms with Gasteiger partial charge in [0.15, 0.2) is 0 Å². The highest BCUT2D eigenvalue weighted by Crippen LogP contribution is 2.75. The van der Waals surface area contributed by atoms with Crippen LogP contribution in [0.1, 0.15) is 272 Å². The Morgan fingerprint density at radius 1 is 0.642 bits per heavy atom. The van der Waals surface area contributed by atoms with Crippen molar-refractivity contribution in [2.45, 2.75) is 278 Å². The summed E-state index contributed by atoms with van der Waals surface area (Å²) in [7, 11) is 0. The molecule has 9 aliphatic rings. The Balaban J connectivity index is 0.000000869. The second-order valence-electron chi connectivity index (χ2n) is 28.4. The summed E-state index contributed by atoms with van der Waals surface area (Å²) >= 11 is 0. The smallest absolute Gasteiger partial charge is 0.312 e. The largest absolute Gasteiger partial charge is 0.462 e. The molecule has 0 heterocycles. The molecule has 8 fully saturated rings. The minimum Gasteiger partial charge on any atom is -0.462 e. The molecular formula is C65H116O2. The van der Waals surface area contributed by atoms with E-state index >= 15 is 4.79 Å². The van der Waals surface area contributed by atoms with E-state index in [0.29, 0.717) is 50.7 Å². The van der Waals surface area contributed by atoms with Gasteiger partial charge < -0.3 is 4.74 Å². The summed E-state index contributed by atoms with van der Waals surface area (Å²) in [6.45, 7) is 43.6. The van der Waals surface area contributed by atoms with E-state index in [2.05, 4.69) is 117 Å². The lowest BCUT2D eigenvalue weighted by Gasteiger charge is -2.69. The van der Waals surface area contributed by atoms with E-state index < -0.39 is 0 Å². The van der Waals surface area contributed by atoms with Gasteiger partial charge in [0, 0.05) is 6.42 Å². The molecule has 0 N–H and O–H groups in total. The van der Waals surface area contributed by atoms with Crippen molar-refractivity contribution < 1.29 is 9.53 Å². The molecule has 9 aliphatic carbocycles. The van der Waals surface area contributed by atoms with Crippen molar-refractivity contribution in [1.82, 2.24) is 0 Å². The number of fused-ring (bicyclic) bond motifs is 12. The van der Waals surface area contributed by atoms with E-state index in [1.807, 2.05) is 13.8 Å². The maximum absolute atomic E-state index is 15.2. The van der Waals surface area contributed by atoms with Gasteiger partial charge in [0.25, 0.3) is 0 Å². The quantitative estimate of drug-likeness (QED) is 0.179. The Morgan fingerprint density at radius 3 is 1.91 bits per heavy atom. The molecule has 0 spiro atoms. The van der Waals surface area contributed by atoms with E-state index in [9.17, 15) is 0 Å². The van der Waals surface area contributed by atoms with E-state index in [4.69, 9.17) is 4.74 Å². The fraction of sp³-hybridized carbons (Fsp3) is 0.954. The molecule has 0 aliphatic heterocycles. The number of allylic oxidation sites excluding steroid dienone is 1. The molecule has 2 heteroatoms. The lowest BCUT2D eigenvalue weighted by Crippen LogP contribution is -2.63. The summed E-state index contributed by atoms with van der Waals surface area (Å²) in [4.78, 5) is 15.2. The van der Waals surface area contributed by atoms with Crippen LogP contribution in [0.15, 0.2) is 11.6 Å². The third kappa shape index (κ3) is 9.66. The third-order valence-electron chi connectivity index (χ3n) is 24.0. The van der Waals surface area contributed by atoms with Gasteiger partial charge in [-0.3, -0.25) is 4.79 Å². The second kappa shape index (κ2) is 21.7. The van der Waals surface area contributed by atoms with Crippen LogP contribution in [0, 0.1) is 115 Å². The monoisotopic (exact) mass is 929 g/mol. The molecule has 0 aromatic carbocycles. The Morgan fingerprint density at radius 2 is 1.25 bits per heavy atom. The van der Waals surface area contributed by atoms with Crippen LogP contribution in [-0.4, -0.2) is 12.1 Å². The minimum atomic E-state index is -0.242. The summed E-state index contributed by atoms with van der Waals surface area (Å²) < 4.78 is 7.02. The first-order valence-corrected chi connectivity index (χ1v) is 30.5. The molecule has 67 heavy (non-hydrogen) atoms. The van der Waals surface area contributed by atoms with Crippen molar-refractivity contribution in [3.8, 4) is 0 Å². The van der Waals surface area contributed by atoms with Crippen LogP contribution >= 0.6 is 0 Å². The highest BCUT2D eigenvalue weighted by atomic mass is 16.5. The van der Waals surface area contributed by atoms with E-state index in [1.54, 1.807) is 5.57 Å². The second-order valence-corrected chi connectivity index (χ2v) is 28.4. The van der Waals surface area contributed by atoms with Gasteiger partial charge in [-0.15, -0.1) is 0 Å². The molecule has 0 saturated heterocycles. The average molecular weight is 930 g/mol. The van der Waals surface area contributed by atoms with Crippen LogP contribution in [0.2, 0.25) is 0 Å². The summed E-state index contributed by atoms with van der Waals surface area (Å²) in [5.41, 5.74) is 3.62. The van der Waals surface area contributed by atoms with Crippen molar-refractivity contribution in [1.29, 1.82) is 0 Å². The maximum Gasteiger partial charge on any atom is 0.312 e. The van der Waals surface area contributed by atoms with Gasteiger partial charge in [-0.1, -0.05) is 168 Å². The summed E-state index contributed by atoms with van der Waals surface area (Å²) in [5.74, 6) is 11.3. The average Bonchev–Trinajstić information content (AvgIpc) is 3.86. The highest BCUT2D eigenvalue weighted by Gasteiger charge is 2.69. The Kier molecular flexibility index (Phi) is 18.0. The molecule has 0 bridgehead atoms. The normalized spacial score (nSPS) is 46.1. The van der Waals surface area contributed by atoms with E-state index in [0.717, 1.165) is 84.9 Å². The van der Waals surface area contributed by atoms with Crippen LogP contribution in [0.3, 0.4) is 0 Å². The van der Waals surface area contributed by atoms with Crippen LogP contribution < -0.4 is 0 Å². The molecule has 0 amide bonds. The topological polar surface area (TPSA) is 26.3 Å². The van der Waals surface area contributed by atoms with Crippen molar-refractivity contribution in [3.05, 3.63) is 11.6 Å². The fourth-order valence-corrected chi connectivity index (χ4v) is 20.6. The van der Waals surface area contributed by atoms with Gasteiger partial charge in [0.05, 0.1) is 5.41 Å². The van der Waals surface area contributed by atoms with E-state index in [1.165, 1.54) is 122 Å². The summed E-state index contributed by atoms with van der Waals surface area (Å²) in [5, 5.41) is 0. The van der Waals surface area contributed by atoms with Crippen molar-refractivity contribution >= 4 is 5.97 Å². The Labute approximate surface area is 419 Å². The van der Waals surface area contributed by atoms with Crippen molar-refractivity contribution in [3.63, 3.8) is 0 Å². The molecule has 0 radical (unpaired) electrons. The Bertz CT molecular complexity index is 1630. The minimum absolute atomic E-state index is 0.0844. The first kappa shape index (κ1) is 55.5. The predicted octanol–water partition coefficient (Wildman–Crippen LogP) is 19.8. The first-order chi connectivity index (χ1) is 31.6. The number of hydrogen-bond donors (Lipinski definition) is 0. The molecule has 2 nitrogen and oxygen atoms in total. The third-order valence-corrected chi connectivity index (χ3v) is 24.0. The van der Waals surface area contributed by atoms with Crippen molar-refractivity contribution in [2.75, 3.05) is 0 Å². The van der Waals surface area contributed by atoms with Gasteiger partial charge in [-0.2, -0.15) is 0 Å². The SMILES string of the molecule is CC.CC(C)CCC[C@@H](C)C1CC[C@H]2C3CC=C4C[C@H](OC(=O)[C@]56CCC(C(C)C)C5[C@H]5CC[C@H]7[C@@](C)(CCC8C(C)(C)C(C)CC[C@@]87C)C5CC6)CC[C@]4(C)[C@H]3CC[C@]12C.CCC.CCC. The molecular weight excluding hydrogens is 813 g/mol. The van der Waals surface area contributed by atoms with Gasteiger partial charge >= 0.3 is 5.97 Å². The molecule has 388 valence electrons. The molecule has 0 aromatic rings. The lowest BCUT2D eigenvalue weighted by molar-refractivity contribution is -0.213. The number of ether oxygens (including phenoxy) is 1. The van der Waals surface area contributed by atoms with Crippen molar-refractivity contribution in [2.24, 2.45) is 115 Å². The molecule has 0 aromatic heterocycles. The zero-order valence-corrected chi connectivity index (χ0v) is 48.3. The van der Waals surface area contributed by atoms with Crippen LogP contribution in [0.25, 0.3) is 0 Å². The Hall–Kier alpha value is -0.790. The van der Waals surface area contributed by atoms with Gasteiger partial charge in [0.1, 0.15) is 6.10 Å². The molecule has 18 atom stereocenters. The van der Waals surface area contributed by atoms with Gasteiger partial charge in [0.2, 0.25) is 0 Å². The van der Waals surface area contributed by atoms with Crippen LogP contribution in [0.4, 0.5) is 0 Å². The number of esters is 1. The molecule has 8 saturated carbocycles. The van der Waals surface area contributed by atoms with E-state index in [-0.39, 0.29) is 17.5 Å². The number of carbonyl (C=O) groups excluding carboxylic acids is 1. The van der Waals surface area contributed by atoms with Gasteiger partial charge in [-0.05, 0) is 219 Å². The van der Waals surface area contributed by atoms with Crippen LogP contribution in [-0.2, 0) is 9.53 Å². The van der Waals surface area contributed by atoms with Crippen LogP contribution in [0.5, 0.6) is 0 Å². The fourth-order valence-electron chi connectivity index (χ4n) is 20.6. The maximum atomic E-state index is 15.2. The highest BCUT2D eigenvalue weighted by molar-refractivity contribution is 5.78. The molecule has 7 unspecified atom stereocenters. The summed E-state index contributed by atoms with van der Waals surface area (Å²) in [6.07, 6.45) is 33.1. The standard InChI is InChI=1S/C57H94O2.2C3H8.C2H6/c1-35(2)14-13-15-37(5)44-19-20-45-42-17-16-39-34-40(23-29-53(39,9)46(42)25-30-54(44,45)10)59-51(58)57-32-24-41(36(3)4)50(57)43-18-21-49-55(11,47(43)26-33-57)31-27-48-52(7,8)38(6)22-28-56(48,49)12;2*1-3-2;1-2/h16,35-38,40-50H,13-15,17-34H2,1-12H3;2*3H2,1-2H3;1-2H3/t37-,38?,40-,41?,42?,43+,44?,45+,46+,47?,48?,49+,50?,53+,54-,55+,56+,57+;;;/m1.../s1. The first-order valence-electron chi connectivity index (χ1n) is 30.5. The lowest BCUT2D eigenvalue weighted by atomic mass is 9.35. The summed E-state index contributed by atoms with van der Waals surface area (Å²) in [6, 6.07) is 0. The number of hydrogen-bond acceptors (Lipinski definition) is 2. The molecule has 9 rings (SSSR count). The van der Waals surface area contributed by atoms with Gasteiger partial charge in [-0.25, -0.2) is 0 Å². The zero-order chi connectivity index (χ0) is 49.5. The zero-order valence-electron chi connectivity index (χ0n) is 48.3.